The summed E-state index contributed by atoms with van der Waals surface area (Å²) in [4.78, 5) is 14.6. The Bertz CT molecular complexity index is 553. The molecule has 2 aliphatic rings. The average Bonchev–Trinajstić information content (AvgIpc) is 2.63. The highest BCUT2D eigenvalue weighted by atomic mass is 35.5. The molecule has 2 atom stereocenters. The van der Waals surface area contributed by atoms with Crippen molar-refractivity contribution in [2.75, 3.05) is 39.4 Å². The molecule has 2 aliphatic heterocycles. The van der Waals surface area contributed by atoms with E-state index in [1.807, 2.05) is 6.07 Å². The molecule has 1 aromatic carbocycles. The molecule has 2 saturated heterocycles. The summed E-state index contributed by atoms with van der Waals surface area (Å²) in [6.45, 7) is 4.31. The van der Waals surface area contributed by atoms with E-state index in [9.17, 15) is 9.18 Å². The van der Waals surface area contributed by atoms with Crippen LogP contribution in [-0.4, -0.2) is 56.2 Å². The summed E-state index contributed by atoms with van der Waals surface area (Å²) in [5, 5.41) is 6.33. The zero-order chi connectivity index (χ0) is 16.8. The summed E-state index contributed by atoms with van der Waals surface area (Å²) >= 11 is 0. The lowest BCUT2D eigenvalue weighted by Gasteiger charge is -2.35. The van der Waals surface area contributed by atoms with E-state index in [1.165, 1.54) is 6.07 Å². The molecular formula is C18H28Cl2FN3O2. The van der Waals surface area contributed by atoms with E-state index in [-0.39, 0.29) is 48.6 Å². The van der Waals surface area contributed by atoms with Gasteiger partial charge < -0.3 is 15.4 Å². The largest absolute Gasteiger partial charge is 0.379 e. The number of benzene rings is 1. The van der Waals surface area contributed by atoms with Crippen molar-refractivity contribution < 1.29 is 13.9 Å². The van der Waals surface area contributed by atoms with Crippen LogP contribution in [0.3, 0.4) is 0 Å². The lowest BCUT2D eigenvalue weighted by molar-refractivity contribution is -0.124. The van der Waals surface area contributed by atoms with Crippen molar-refractivity contribution in [3.8, 4) is 0 Å². The Morgan fingerprint density at radius 2 is 2.08 bits per heavy atom. The predicted octanol–water partition coefficient (Wildman–Crippen LogP) is 2.30. The van der Waals surface area contributed by atoms with Crippen LogP contribution in [0, 0.1) is 5.82 Å². The molecule has 5 nitrogen and oxygen atoms in total. The van der Waals surface area contributed by atoms with Gasteiger partial charge in [0.1, 0.15) is 5.82 Å². The van der Waals surface area contributed by atoms with Crippen molar-refractivity contribution in [2.45, 2.75) is 31.3 Å². The first-order chi connectivity index (χ1) is 11.7. The van der Waals surface area contributed by atoms with Gasteiger partial charge >= 0.3 is 0 Å². The molecule has 1 aromatic rings. The van der Waals surface area contributed by atoms with Gasteiger partial charge in [-0.25, -0.2) is 4.39 Å². The Morgan fingerprint density at radius 3 is 2.73 bits per heavy atom. The summed E-state index contributed by atoms with van der Waals surface area (Å²) in [5.74, 6) is -0.199. The van der Waals surface area contributed by atoms with Crippen LogP contribution < -0.4 is 10.6 Å². The lowest BCUT2D eigenvalue weighted by Crippen LogP contribution is -2.49. The standard InChI is InChI=1S/C18H26FN3O2.2ClH/c19-15-5-3-4-14(12-15)17(22-8-10-24-11-9-22)13-21-18(23)16-6-1-2-7-20-16;;/h3-5,12,16-17,20H,1-2,6-11,13H2,(H,21,23);2*1H/t16-,17?;;/m1../s1. The zero-order valence-corrected chi connectivity index (χ0v) is 16.4. The van der Waals surface area contributed by atoms with Crippen LogP contribution in [0.25, 0.3) is 0 Å². The van der Waals surface area contributed by atoms with E-state index in [4.69, 9.17) is 4.74 Å². The molecule has 2 N–H and O–H groups in total. The number of ether oxygens (including phenoxy) is 1. The predicted molar refractivity (Wildman–Crippen MR) is 105 cm³/mol. The van der Waals surface area contributed by atoms with E-state index in [2.05, 4.69) is 15.5 Å². The van der Waals surface area contributed by atoms with Crippen LogP contribution in [0.15, 0.2) is 24.3 Å². The fraction of sp³-hybridized carbons (Fsp3) is 0.611. The quantitative estimate of drug-likeness (QED) is 0.785. The van der Waals surface area contributed by atoms with Gasteiger partial charge in [-0.2, -0.15) is 0 Å². The molecule has 0 aliphatic carbocycles. The van der Waals surface area contributed by atoms with Crippen molar-refractivity contribution in [1.29, 1.82) is 0 Å². The Hall–Kier alpha value is -0.920. The van der Waals surface area contributed by atoms with Gasteiger partial charge in [-0.3, -0.25) is 9.69 Å². The Morgan fingerprint density at radius 1 is 1.31 bits per heavy atom. The number of nitrogens with one attached hydrogen (secondary N) is 2. The highest BCUT2D eigenvalue weighted by Gasteiger charge is 2.26. The zero-order valence-electron chi connectivity index (χ0n) is 14.8. The SMILES string of the molecule is Cl.Cl.O=C(NCC(c1cccc(F)c1)N1CCOCC1)[C@H]1CCCCN1. The maximum atomic E-state index is 13.6. The minimum absolute atomic E-state index is 0. The van der Waals surface area contributed by atoms with Gasteiger partial charge in [-0.1, -0.05) is 18.6 Å². The van der Waals surface area contributed by atoms with E-state index >= 15 is 0 Å². The molecule has 2 heterocycles. The molecule has 0 bridgehead atoms. The van der Waals surface area contributed by atoms with E-state index < -0.39 is 0 Å². The Labute approximate surface area is 166 Å². The molecule has 3 rings (SSSR count). The number of nitrogens with zero attached hydrogens (tertiary/aromatic N) is 1. The first kappa shape index (κ1) is 23.1. The van der Waals surface area contributed by atoms with Gasteiger partial charge in [0.2, 0.25) is 5.91 Å². The first-order valence-electron chi connectivity index (χ1n) is 8.82. The third kappa shape index (κ3) is 6.35. The lowest BCUT2D eigenvalue weighted by atomic mass is 10.0. The van der Waals surface area contributed by atoms with Gasteiger partial charge in [0.25, 0.3) is 0 Å². The van der Waals surface area contributed by atoms with Crippen molar-refractivity contribution >= 4 is 30.7 Å². The smallest absolute Gasteiger partial charge is 0.237 e. The molecule has 0 radical (unpaired) electrons. The minimum atomic E-state index is -0.244. The molecule has 2 fully saturated rings. The molecule has 26 heavy (non-hydrogen) atoms. The third-order valence-corrected chi connectivity index (χ3v) is 4.82. The maximum absolute atomic E-state index is 13.6. The summed E-state index contributed by atoms with van der Waals surface area (Å²) in [6, 6.07) is 6.53. The molecule has 0 aromatic heterocycles. The van der Waals surface area contributed by atoms with Crippen molar-refractivity contribution in [1.82, 2.24) is 15.5 Å². The van der Waals surface area contributed by atoms with Gasteiger partial charge in [-0.15, -0.1) is 24.8 Å². The number of carbonyl (C=O) groups excluding carboxylic acids is 1. The monoisotopic (exact) mass is 407 g/mol. The summed E-state index contributed by atoms with van der Waals surface area (Å²) in [7, 11) is 0. The van der Waals surface area contributed by atoms with Crippen LogP contribution in [0.2, 0.25) is 0 Å². The average molecular weight is 408 g/mol. The van der Waals surface area contributed by atoms with Gasteiger partial charge in [0.15, 0.2) is 0 Å². The van der Waals surface area contributed by atoms with Crippen molar-refractivity contribution in [3.63, 3.8) is 0 Å². The van der Waals surface area contributed by atoms with Crippen LogP contribution in [-0.2, 0) is 9.53 Å². The first-order valence-corrected chi connectivity index (χ1v) is 8.82. The van der Waals surface area contributed by atoms with E-state index in [0.29, 0.717) is 19.8 Å². The summed E-state index contributed by atoms with van der Waals surface area (Å²) in [6.07, 6.45) is 3.10. The second-order valence-corrected chi connectivity index (χ2v) is 6.47. The molecular weight excluding hydrogens is 380 g/mol. The van der Waals surface area contributed by atoms with Gasteiger partial charge in [-0.05, 0) is 37.1 Å². The summed E-state index contributed by atoms with van der Waals surface area (Å²) in [5.41, 5.74) is 0.897. The second-order valence-electron chi connectivity index (χ2n) is 6.47. The third-order valence-electron chi connectivity index (χ3n) is 4.82. The molecule has 1 unspecified atom stereocenters. The fourth-order valence-electron chi connectivity index (χ4n) is 3.46. The van der Waals surface area contributed by atoms with E-state index in [1.54, 1.807) is 12.1 Å². The highest BCUT2D eigenvalue weighted by Crippen LogP contribution is 2.22. The number of rotatable bonds is 5. The van der Waals surface area contributed by atoms with Crippen molar-refractivity contribution in [2.24, 2.45) is 0 Å². The van der Waals surface area contributed by atoms with E-state index in [0.717, 1.165) is 44.5 Å². The number of carbonyl (C=O) groups is 1. The number of piperidine rings is 1. The highest BCUT2D eigenvalue weighted by molar-refractivity contribution is 5.85. The molecule has 8 heteroatoms. The van der Waals surface area contributed by atoms with Crippen molar-refractivity contribution in [3.05, 3.63) is 35.6 Å². The van der Waals surface area contributed by atoms with Gasteiger partial charge in [0.05, 0.1) is 25.3 Å². The summed E-state index contributed by atoms with van der Waals surface area (Å²) < 4.78 is 19.1. The van der Waals surface area contributed by atoms with Crippen LogP contribution in [0.5, 0.6) is 0 Å². The Kier molecular flexibility index (Phi) is 10.4. The second kappa shape index (κ2) is 11.7. The maximum Gasteiger partial charge on any atom is 0.237 e. The van der Waals surface area contributed by atoms with Crippen LogP contribution in [0.4, 0.5) is 4.39 Å². The number of amides is 1. The Balaban J connectivity index is 0.00000169. The normalized spacial score (nSPS) is 21.8. The number of halogens is 3. The fourth-order valence-corrected chi connectivity index (χ4v) is 3.46. The number of hydrogen-bond donors (Lipinski definition) is 2. The molecule has 0 saturated carbocycles. The van der Waals surface area contributed by atoms with Crippen LogP contribution >= 0.6 is 24.8 Å². The molecule has 0 spiro atoms. The van der Waals surface area contributed by atoms with Crippen LogP contribution in [0.1, 0.15) is 30.9 Å². The molecule has 148 valence electrons. The number of morpholine rings is 1. The number of hydrogen-bond acceptors (Lipinski definition) is 4. The molecule has 1 amide bonds. The topological polar surface area (TPSA) is 53.6 Å². The minimum Gasteiger partial charge on any atom is -0.379 e. The van der Waals surface area contributed by atoms with Gasteiger partial charge in [0, 0.05) is 19.6 Å².